The van der Waals surface area contributed by atoms with E-state index in [1.807, 2.05) is 12.1 Å². The highest BCUT2D eigenvalue weighted by molar-refractivity contribution is 7.92. The zero-order valence-corrected chi connectivity index (χ0v) is 20.2. The van der Waals surface area contributed by atoms with E-state index in [9.17, 15) is 26.4 Å². The van der Waals surface area contributed by atoms with Gasteiger partial charge in [0.1, 0.15) is 16.3 Å². The molecular weight excluding hydrogens is 470 g/mol. The van der Waals surface area contributed by atoms with E-state index < -0.39 is 29.8 Å². The first kappa shape index (κ1) is 24.9. The van der Waals surface area contributed by atoms with Gasteiger partial charge >= 0.3 is 0 Å². The van der Waals surface area contributed by atoms with Crippen molar-refractivity contribution in [1.29, 1.82) is 0 Å². The second-order valence-corrected chi connectivity index (χ2v) is 11.3. The van der Waals surface area contributed by atoms with Crippen LogP contribution in [0.2, 0.25) is 0 Å². The summed E-state index contributed by atoms with van der Waals surface area (Å²) in [7, 11) is -5.74. The Balaban J connectivity index is 1.70. The third-order valence-corrected chi connectivity index (χ3v) is 8.53. The third-order valence-electron chi connectivity index (χ3n) is 5.51. The molecule has 33 heavy (non-hydrogen) atoms. The molecule has 1 amide bonds. The topological polar surface area (TPSA) is 138 Å². The fourth-order valence-corrected chi connectivity index (χ4v) is 5.84. The number of benzene rings is 1. The molecule has 3 rings (SSSR count). The third kappa shape index (κ3) is 5.43. The summed E-state index contributed by atoms with van der Waals surface area (Å²) in [4.78, 5) is 27.2. The molecule has 0 bridgehead atoms. The molecule has 1 aromatic heterocycles. The zero-order chi connectivity index (χ0) is 24.4. The monoisotopic (exact) mass is 497 g/mol. The first-order valence-corrected chi connectivity index (χ1v) is 13.2. The number of carbonyl (C=O) groups excluding carboxylic acids is 2. The summed E-state index contributed by atoms with van der Waals surface area (Å²) in [5.41, 5.74) is 1.60. The Morgan fingerprint density at radius 2 is 1.33 bits per heavy atom. The van der Waals surface area contributed by atoms with Gasteiger partial charge in [-0.15, -0.1) is 0 Å². The fraction of sp³-hybridized carbons (Fsp3) is 0.400. The first-order chi connectivity index (χ1) is 15.5. The molecule has 2 N–H and O–H groups in total. The first-order valence-electron chi connectivity index (χ1n) is 10.2. The fourth-order valence-electron chi connectivity index (χ4n) is 3.56. The van der Waals surface area contributed by atoms with Gasteiger partial charge in [-0.05, 0) is 45.3 Å². The number of sulfonamides is 2. The Morgan fingerprint density at radius 3 is 1.76 bits per heavy atom. The molecule has 11 nitrogen and oxygen atoms in total. The number of anilines is 1. The van der Waals surface area contributed by atoms with Crippen molar-refractivity contribution < 1.29 is 26.4 Å². The van der Waals surface area contributed by atoms with Crippen LogP contribution in [0.4, 0.5) is 5.69 Å². The maximum Gasteiger partial charge on any atom is 0.243 e. The number of carbonyl (C=O) groups is 2. The smallest absolute Gasteiger partial charge is 0.243 e. The van der Waals surface area contributed by atoms with Gasteiger partial charge in [0.2, 0.25) is 26.0 Å². The van der Waals surface area contributed by atoms with Crippen molar-refractivity contribution in [3.05, 3.63) is 42.2 Å². The van der Waals surface area contributed by atoms with E-state index in [-0.39, 0.29) is 18.2 Å². The molecule has 0 unspecified atom stereocenters. The quantitative estimate of drug-likeness (QED) is 0.484. The van der Waals surface area contributed by atoms with Gasteiger partial charge in [0.15, 0.2) is 5.78 Å². The van der Waals surface area contributed by atoms with Crippen molar-refractivity contribution in [2.24, 2.45) is 0 Å². The lowest BCUT2D eigenvalue weighted by Gasteiger charge is -2.36. The number of hydrogen-bond donors (Lipinski definition) is 2. The molecule has 0 saturated carbocycles. The molecule has 13 heteroatoms. The molecule has 180 valence electrons. The second kappa shape index (κ2) is 9.63. The Labute approximate surface area is 193 Å². The minimum Gasteiger partial charge on any atom is -0.368 e. The van der Waals surface area contributed by atoms with E-state index in [0.29, 0.717) is 31.7 Å². The van der Waals surface area contributed by atoms with E-state index in [1.165, 1.54) is 25.6 Å². The van der Waals surface area contributed by atoms with E-state index >= 15 is 0 Å². The van der Waals surface area contributed by atoms with Crippen LogP contribution in [-0.4, -0.2) is 78.3 Å². The summed E-state index contributed by atoms with van der Waals surface area (Å²) in [6.45, 7) is 3.41. The summed E-state index contributed by atoms with van der Waals surface area (Å²) in [6, 6.07) is 7.30. The molecule has 1 aromatic carbocycles. The van der Waals surface area contributed by atoms with Crippen LogP contribution in [0, 0.1) is 0 Å². The van der Waals surface area contributed by atoms with Crippen molar-refractivity contribution in [2.45, 2.75) is 23.3 Å². The van der Waals surface area contributed by atoms with Gasteiger partial charge in [0.25, 0.3) is 0 Å². The van der Waals surface area contributed by atoms with Crippen molar-refractivity contribution in [3.63, 3.8) is 0 Å². The highest BCUT2D eigenvalue weighted by Gasteiger charge is 2.29. The van der Waals surface area contributed by atoms with E-state index in [1.54, 1.807) is 17.0 Å². The van der Waals surface area contributed by atoms with Gasteiger partial charge < -0.3 is 14.4 Å². The Bertz CT molecular complexity index is 1190. The van der Waals surface area contributed by atoms with Crippen LogP contribution < -0.4 is 14.3 Å². The van der Waals surface area contributed by atoms with Crippen LogP contribution in [-0.2, 0) is 31.4 Å². The minimum atomic E-state index is -4.05. The predicted molar refractivity (Wildman–Crippen MR) is 122 cm³/mol. The van der Waals surface area contributed by atoms with Crippen molar-refractivity contribution >= 4 is 37.4 Å². The normalized spacial score (nSPS) is 15.0. The van der Waals surface area contributed by atoms with Crippen LogP contribution in [0.25, 0.3) is 0 Å². The van der Waals surface area contributed by atoms with E-state index in [4.69, 9.17) is 0 Å². The summed E-state index contributed by atoms with van der Waals surface area (Å²) in [5.74, 6) is -0.253. The number of nitrogens with zero attached hydrogens (tertiary/aromatic N) is 3. The maximum absolute atomic E-state index is 12.8. The molecule has 0 atom stereocenters. The maximum atomic E-state index is 12.8. The Hall–Kier alpha value is -2.74. The second-order valence-electron chi connectivity index (χ2n) is 7.55. The molecule has 1 fully saturated rings. The zero-order valence-electron chi connectivity index (χ0n) is 18.6. The number of Topliss-reactive ketones (excluding diaryl/α,β-unsaturated/α-hetero) is 1. The van der Waals surface area contributed by atoms with Crippen LogP contribution in [0.5, 0.6) is 0 Å². The number of rotatable bonds is 8. The predicted octanol–water partition coefficient (Wildman–Crippen LogP) is -0.144. The van der Waals surface area contributed by atoms with Crippen LogP contribution in [0.3, 0.4) is 0 Å². The van der Waals surface area contributed by atoms with Crippen LogP contribution in [0.15, 0.2) is 46.5 Å². The van der Waals surface area contributed by atoms with Gasteiger partial charge in [0.05, 0.1) is 0 Å². The van der Waals surface area contributed by atoms with Crippen molar-refractivity contribution in [2.75, 3.05) is 45.2 Å². The molecule has 2 aromatic rings. The number of piperazine rings is 1. The molecule has 0 radical (unpaired) electrons. The molecule has 1 aliphatic rings. The largest absolute Gasteiger partial charge is 0.368 e. The molecule has 0 spiro atoms. The van der Waals surface area contributed by atoms with Gasteiger partial charge in [-0.3, -0.25) is 9.59 Å². The molecular formula is C20H27N5O6S2. The number of nitrogens with one attached hydrogen (secondary N) is 2. The van der Waals surface area contributed by atoms with Crippen LogP contribution >= 0.6 is 0 Å². The van der Waals surface area contributed by atoms with Crippen molar-refractivity contribution in [1.82, 2.24) is 18.9 Å². The Kier molecular flexibility index (Phi) is 7.26. The van der Waals surface area contributed by atoms with Crippen molar-refractivity contribution in [3.8, 4) is 0 Å². The molecule has 1 saturated heterocycles. The van der Waals surface area contributed by atoms with E-state index in [0.717, 1.165) is 18.1 Å². The molecule has 2 heterocycles. The van der Waals surface area contributed by atoms with Gasteiger partial charge in [-0.25, -0.2) is 26.3 Å². The average Bonchev–Trinajstić information content (AvgIpc) is 3.25. The average molecular weight is 498 g/mol. The number of hydrogen-bond acceptors (Lipinski definition) is 7. The summed E-state index contributed by atoms with van der Waals surface area (Å²) < 4.78 is 54.6. The lowest BCUT2D eigenvalue weighted by molar-refractivity contribution is -0.132. The highest BCUT2D eigenvalue weighted by Crippen LogP contribution is 2.22. The summed E-state index contributed by atoms with van der Waals surface area (Å²) in [5, 5.41) is 0. The molecule has 1 aliphatic heterocycles. The lowest BCUT2D eigenvalue weighted by atomic mass is 10.1. The molecule has 0 aliphatic carbocycles. The lowest BCUT2D eigenvalue weighted by Crippen LogP contribution is -2.49. The SMILES string of the molecule is CNS(=O)(=O)c1cn(CC(=O)N2CCN(c3ccc(C(C)=O)cc3)CC2)cc1S(=O)(=O)NC. The summed E-state index contributed by atoms with van der Waals surface area (Å²) in [6.07, 6.45) is 2.28. The van der Waals surface area contributed by atoms with E-state index in [2.05, 4.69) is 14.3 Å². The summed E-state index contributed by atoms with van der Waals surface area (Å²) >= 11 is 0. The standard InChI is InChI=1S/C20H27N5O6S2/c1-15(26)16-4-6-17(7-5-16)24-8-10-25(11-9-24)20(27)14-23-12-18(32(28,29)21-2)19(13-23)33(30,31)22-3/h4-7,12-13,21-22H,8-11,14H2,1-3H3. The number of aromatic nitrogens is 1. The van der Waals surface area contributed by atoms with Gasteiger partial charge in [0, 0.05) is 49.8 Å². The highest BCUT2D eigenvalue weighted by atomic mass is 32.2. The van der Waals surface area contributed by atoms with Gasteiger partial charge in [-0.1, -0.05) is 0 Å². The number of ketones is 1. The Morgan fingerprint density at radius 1 is 0.848 bits per heavy atom. The van der Waals surface area contributed by atoms with Crippen LogP contribution in [0.1, 0.15) is 17.3 Å². The van der Waals surface area contributed by atoms with Gasteiger partial charge in [-0.2, -0.15) is 0 Å². The number of amides is 1. The minimum absolute atomic E-state index is 0.00155.